The van der Waals surface area contributed by atoms with Gasteiger partial charge in [-0.25, -0.2) is 9.07 Å². The minimum atomic E-state index is -5.07. The molecular formula is C23H23F4N3O3. The van der Waals surface area contributed by atoms with E-state index in [9.17, 15) is 27.5 Å². The number of halogens is 4. The molecule has 33 heavy (non-hydrogen) atoms. The first-order valence-electron chi connectivity index (χ1n) is 10.1. The third kappa shape index (κ3) is 4.75. The Morgan fingerprint density at radius 3 is 2.55 bits per heavy atom. The van der Waals surface area contributed by atoms with Crippen LogP contribution >= 0.6 is 0 Å². The number of methoxy groups -OCH3 is 1. The van der Waals surface area contributed by atoms with Gasteiger partial charge in [-0.05, 0) is 37.0 Å². The molecule has 0 fully saturated rings. The van der Waals surface area contributed by atoms with Crippen molar-refractivity contribution in [1.29, 1.82) is 0 Å². The Morgan fingerprint density at radius 2 is 1.91 bits per heavy atom. The van der Waals surface area contributed by atoms with Crippen molar-refractivity contribution in [3.05, 3.63) is 64.3 Å². The zero-order valence-electron chi connectivity index (χ0n) is 18.2. The molecule has 0 saturated heterocycles. The summed E-state index contributed by atoms with van der Waals surface area (Å²) in [5, 5.41) is 15.1. The first-order chi connectivity index (χ1) is 15.5. The normalized spacial score (nSPS) is 15.0. The number of benzene rings is 2. The maximum Gasteiger partial charge on any atom is 0.422 e. The van der Waals surface area contributed by atoms with Gasteiger partial charge >= 0.3 is 6.18 Å². The van der Waals surface area contributed by atoms with Crippen LogP contribution in [0.3, 0.4) is 0 Å². The number of para-hydroxylation sites is 1. The zero-order valence-corrected chi connectivity index (χ0v) is 18.2. The second-order valence-corrected chi connectivity index (χ2v) is 7.66. The van der Waals surface area contributed by atoms with Crippen molar-refractivity contribution in [1.82, 2.24) is 9.78 Å². The lowest BCUT2D eigenvalue weighted by molar-refractivity contribution is -0.232. The molecule has 0 aliphatic heterocycles. The minimum Gasteiger partial charge on any atom is -0.493 e. The molecule has 2 aromatic carbocycles. The third-order valence-corrected chi connectivity index (χ3v) is 5.57. The summed E-state index contributed by atoms with van der Waals surface area (Å²) >= 11 is 0. The molecule has 176 valence electrons. The number of fused-ring (bicyclic) bond motifs is 1. The predicted molar refractivity (Wildman–Crippen MR) is 117 cm³/mol. The number of aromatic nitrogens is 2. The lowest BCUT2D eigenvalue weighted by Gasteiger charge is -2.31. The Hall–Kier alpha value is -3.27. The number of aryl methyl sites for hydroxylation is 1. The fourth-order valence-corrected chi connectivity index (χ4v) is 3.69. The van der Waals surface area contributed by atoms with Crippen LogP contribution in [0.15, 0.2) is 52.4 Å². The van der Waals surface area contributed by atoms with E-state index < -0.39 is 35.5 Å². The molecule has 0 amide bonds. The standard InChI is InChI=1S/C23H23F4N3O3/c1-4-14(15-7-5-9-18(24)20(15)33-3)11-22(32,23(25,26)27)13-28-19-10-6-8-16-17(19)12-29-30(2)21(16)31/h5-10,12-14,32H,4,11H2,1-3H3. The number of aliphatic hydroxyl groups is 1. The molecule has 0 aliphatic carbocycles. The minimum absolute atomic E-state index is 0.0526. The van der Waals surface area contributed by atoms with E-state index in [-0.39, 0.29) is 34.2 Å². The molecule has 3 rings (SSSR count). The molecule has 1 aromatic heterocycles. The van der Waals surface area contributed by atoms with Gasteiger partial charge in [0, 0.05) is 24.2 Å². The summed E-state index contributed by atoms with van der Waals surface area (Å²) in [5.41, 5.74) is -3.48. The van der Waals surface area contributed by atoms with Crippen molar-refractivity contribution >= 4 is 22.7 Å². The molecule has 2 unspecified atom stereocenters. The SMILES string of the molecule is CCC(CC(O)(C=Nc1cccc2c(=O)n(C)ncc12)C(F)(F)F)c1cccc(F)c1OC. The number of rotatable bonds is 7. The van der Waals surface area contributed by atoms with Crippen LogP contribution in [0, 0.1) is 5.82 Å². The summed E-state index contributed by atoms with van der Waals surface area (Å²) in [6, 6.07) is 8.40. The van der Waals surface area contributed by atoms with Crippen LogP contribution in [0.4, 0.5) is 23.2 Å². The number of nitrogens with zero attached hydrogens (tertiary/aromatic N) is 3. The van der Waals surface area contributed by atoms with Crippen LogP contribution in [0.25, 0.3) is 10.8 Å². The average Bonchev–Trinajstić information content (AvgIpc) is 2.77. The van der Waals surface area contributed by atoms with E-state index in [0.717, 1.165) is 10.7 Å². The van der Waals surface area contributed by atoms with E-state index in [1.165, 1.54) is 50.7 Å². The Morgan fingerprint density at radius 1 is 1.21 bits per heavy atom. The molecule has 10 heteroatoms. The smallest absolute Gasteiger partial charge is 0.422 e. The molecule has 0 saturated carbocycles. The Kier molecular flexibility index (Phi) is 6.87. The highest BCUT2D eigenvalue weighted by atomic mass is 19.4. The number of alkyl halides is 3. The molecule has 0 bridgehead atoms. The van der Waals surface area contributed by atoms with E-state index >= 15 is 0 Å². The monoisotopic (exact) mass is 465 g/mol. The number of ether oxygens (including phenoxy) is 1. The quantitative estimate of drug-likeness (QED) is 0.407. The van der Waals surface area contributed by atoms with Crippen LogP contribution in [0.5, 0.6) is 5.75 Å². The fourth-order valence-electron chi connectivity index (χ4n) is 3.69. The molecule has 3 aromatic rings. The van der Waals surface area contributed by atoms with Gasteiger partial charge in [-0.1, -0.05) is 25.1 Å². The van der Waals surface area contributed by atoms with Gasteiger partial charge < -0.3 is 9.84 Å². The van der Waals surface area contributed by atoms with E-state index in [1.807, 2.05) is 0 Å². The topological polar surface area (TPSA) is 76.7 Å². The maximum atomic E-state index is 14.1. The third-order valence-electron chi connectivity index (χ3n) is 5.57. The number of aliphatic imine (C=N–C) groups is 1. The first kappa shape index (κ1) is 24.4. The van der Waals surface area contributed by atoms with E-state index in [0.29, 0.717) is 6.21 Å². The van der Waals surface area contributed by atoms with Crippen molar-refractivity contribution in [2.24, 2.45) is 12.0 Å². The van der Waals surface area contributed by atoms with Gasteiger partial charge in [0.05, 0.1) is 24.4 Å². The predicted octanol–water partition coefficient (Wildman–Crippen LogP) is 4.66. The molecule has 0 aliphatic rings. The van der Waals surface area contributed by atoms with Crippen LogP contribution in [-0.4, -0.2) is 40.0 Å². The molecule has 0 radical (unpaired) electrons. The lowest BCUT2D eigenvalue weighted by atomic mass is 9.84. The second-order valence-electron chi connectivity index (χ2n) is 7.66. The second kappa shape index (κ2) is 9.30. The van der Waals surface area contributed by atoms with E-state index in [2.05, 4.69) is 10.1 Å². The van der Waals surface area contributed by atoms with Gasteiger partial charge in [-0.2, -0.15) is 18.3 Å². The summed E-state index contributed by atoms with van der Waals surface area (Å²) in [4.78, 5) is 16.1. The van der Waals surface area contributed by atoms with Crippen LogP contribution in [0.1, 0.15) is 31.2 Å². The number of hydrogen-bond acceptors (Lipinski definition) is 5. The molecule has 6 nitrogen and oxygen atoms in total. The van der Waals surface area contributed by atoms with Gasteiger partial charge in [0.15, 0.2) is 17.2 Å². The summed E-state index contributed by atoms with van der Waals surface area (Å²) in [6.45, 7) is 1.63. The van der Waals surface area contributed by atoms with Crippen molar-refractivity contribution in [2.75, 3.05) is 7.11 Å². The molecular weight excluding hydrogens is 442 g/mol. The Balaban J connectivity index is 2.05. The molecule has 2 atom stereocenters. The van der Waals surface area contributed by atoms with Crippen molar-refractivity contribution in [3.8, 4) is 5.75 Å². The zero-order chi connectivity index (χ0) is 24.4. The van der Waals surface area contributed by atoms with Crippen LogP contribution in [-0.2, 0) is 7.05 Å². The highest BCUT2D eigenvalue weighted by Crippen LogP contribution is 2.42. The first-order valence-corrected chi connectivity index (χ1v) is 10.1. The largest absolute Gasteiger partial charge is 0.493 e. The molecule has 1 N–H and O–H groups in total. The van der Waals surface area contributed by atoms with Gasteiger partial charge in [0.25, 0.3) is 5.56 Å². The summed E-state index contributed by atoms with van der Waals surface area (Å²) in [7, 11) is 2.68. The number of hydrogen-bond donors (Lipinski definition) is 1. The van der Waals surface area contributed by atoms with Crippen LogP contribution < -0.4 is 10.3 Å². The van der Waals surface area contributed by atoms with Crippen molar-refractivity contribution in [3.63, 3.8) is 0 Å². The van der Waals surface area contributed by atoms with Crippen molar-refractivity contribution in [2.45, 2.75) is 37.5 Å². The fraction of sp³-hybridized carbons (Fsp3) is 0.348. The highest BCUT2D eigenvalue weighted by molar-refractivity contribution is 5.93. The lowest BCUT2D eigenvalue weighted by Crippen LogP contribution is -2.47. The maximum absolute atomic E-state index is 14.1. The van der Waals surface area contributed by atoms with Gasteiger partial charge in [-0.15, -0.1) is 0 Å². The molecule has 0 spiro atoms. The Labute approximate surface area is 187 Å². The summed E-state index contributed by atoms with van der Waals surface area (Å²) in [6.07, 6.45) is -3.94. The van der Waals surface area contributed by atoms with Crippen molar-refractivity contribution < 1.29 is 27.4 Å². The van der Waals surface area contributed by atoms with E-state index in [1.54, 1.807) is 6.92 Å². The highest BCUT2D eigenvalue weighted by Gasteiger charge is 2.53. The molecule has 1 heterocycles. The average molecular weight is 465 g/mol. The van der Waals surface area contributed by atoms with Crippen LogP contribution in [0.2, 0.25) is 0 Å². The summed E-state index contributed by atoms with van der Waals surface area (Å²) in [5.74, 6) is -1.75. The van der Waals surface area contributed by atoms with E-state index in [4.69, 9.17) is 4.74 Å². The van der Waals surface area contributed by atoms with Gasteiger partial charge in [0.2, 0.25) is 0 Å². The Bertz CT molecular complexity index is 1240. The van der Waals surface area contributed by atoms with Gasteiger partial charge in [-0.3, -0.25) is 9.79 Å². The summed E-state index contributed by atoms with van der Waals surface area (Å²) < 4.78 is 62.3. The van der Waals surface area contributed by atoms with Gasteiger partial charge in [0.1, 0.15) is 0 Å².